The summed E-state index contributed by atoms with van der Waals surface area (Å²) in [5.41, 5.74) is 0. The molecular formula is C21H27F2N5O3. The van der Waals surface area contributed by atoms with Crippen LogP contribution in [-0.4, -0.2) is 64.3 Å². The molecule has 0 bridgehead atoms. The zero-order valence-corrected chi connectivity index (χ0v) is 17.6. The van der Waals surface area contributed by atoms with Gasteiger partial charge in [-0.3, -0.25) is 4.79 Å². The molecule has 1 aromatic carbocycles. The number of piperidine rings is 1. The average molecular weight is 435 g/mol. The second-order valence-electron chi connectivity index (χ2n) is 7.99. The lowest BCUT2D eigenvalue weighted by Gasteiger charge is -2.40. The van der Waals surface area contributed by atoms with Crippen molar-refractivity contribution in [1.82, 2.24) is 19.7 Å². The monoisotopic (exact) mass is 435 g/mol. The number of ether oxygens (including phenoxy) is 2. The SMILES string of the molecule is COc1ccccc1O[C@@H](C)C(=O)N1CCC([C@@H]2C[C@H](C(F)F)n3ncnc3N2)CC1. The van der Waals surface area contributed by atoms with Gasteiger partial charge in [0.15, 0.2) is 17.6 Å². The maximum atomic E-state index is 13.5. The number of fused-ring (bicyclic) bond motifs is 1. The van der Waals surface area contributed by atoms with Crippen molar-refractivity contribution in [3.8, 4) is 11.5 Å². The van der Waals surface area contributed by atoms with Crippen molar-refractivity contribution in [2.75, 3.05) is 25.5 Å². The Kier molecular flexibility index (Phi) is 6.24. The van der Waals surface area contributed by atoms with Crippen LogP contribution in [0.1, 0.15) is 32.2 Å². The molecule has 1 N–H and O–H groups in total. The molecule has 3 atom stereocenters. The summed E-state index contributed by atoms with van der Waals surface area (Å²) in [6.07, 6.45) is -0.101. The van der Waals surface area contributed by atoms with Crippen LogP contribution >= 0.6 is 0 Å². The van der Waals surface area contributed by atoms with Crippen LogP contribution in [0.5, 0.6) is 11.5 Å². The lowest BCUT2D eigenvalue weighted by Crippen LogP contribution is -2.48. The average Bonchev–Trinajstić information content (AvgIpc) is 3.27. The van der Waals surface area contributed by atoms with E-state index in [1.54, 1.807) is 31.1 Å². The molecular weight excluding hydrogens is 408 g/mol. The number of hydrogen-bond donors (Lipinski definition) is 1. The first-order chi connectivity index (χ1) is 15.0. The fourth-order valence-electron chi connectivity index (χ4n) is 4.44. The highest BCUT2D eigenvalue weighted by Crippen LogP contribution is 2.35. The molecule has 1 saturated heterocycles. The Labute approximate surface area is 179 Å². The lowest BCUT2D eigenvalue weighted by atomic mass is 9.85. The first kappa shape index (κ1) is 21.3. The normalized spacial score (nSPS) is 22.5. The van der Waals surface area contributed by atoms with Gasteiger partial charge in [-0.2, -0.15) is 10.1 Å². The molecule has 31 heavy (non-hydrogen) atoms. The Morgan fingerprint density at radius 2 is 1.94 bits per heavy atom. The molecule has 0 radical (unpaired) electrons. The topological polar surface area (TPSA) is 81.5 Å². The number of nitrogens with zero attached hydrogens (tertiary/aromatic N) is 4. The maximum absolute atomic E-state index is 13.5. The second-order valence-corrected chi connectivity index (χ2v) is 7.99. The lowest BCUT2D eigenvalue weighted by molar-refractivity contribution is -0.139. The fraction of sp³-hybridized carbons (Fsp3) is 0.571. The van der Waals surface area contributed by atoms with Gasteiger partial charge in [0.1, 0.15) is 12.4 Å². The standard InChI is InChI=1S/C21H27F2N5O3/c1-13(31-18-6-4-3-5-17(18)30-2)20(29)27-9-7-14(8-10-27)15-11-16(19(22)23)28-21(26-15)24-12-25-28/h3-6,12-16,19H,7-11H2,1-2H3,(H,24,25,26)/t13-,15-,16+/m0/s1. The summed E-state index contributed by atoms with van der Waals surface area (Å²) in [5, 5.41) is 7.19. The minimum absolute atomic E-state index is 0.0915. The zero-order valence-electron chi connectivity index (χ0n) is 17.6. The van der Waals surface area contributed by atoms with Crippen LogP contribution in [0.3, 0.4) is 0 Å². The van der Waals surface area contributed by atoms with E-state index < -0.39 is 18.6 Å². The van der Waals surface area contributed by atoms with Crippen molar-refractivity contribution < 1.29 is 23.0 Å². The molecule has 3 heterocycles. The predicted octanol–water partition coefficient (Wildman–Crippen LogP) is 2.98. The number of rotatable bonds is 6. The molecule has 2 aliphatic heterocycles. The number of carbonyl (C=O) groups is 1. The molecule has 4 rings (SSSR count). The van der Waals surface area contributed by atoms with Crippen molar-refractivity contribution in [3.05, 3.63) is 30.6 Å². The molecule has 10 heteroatoms. The van der Waals surface area contributed by atoms with E-state index in [4.69, 9.17) is 9.47 Å². The minimum Gasteiger partial charge on any atom is -0.493 e. The number of benzene rings is 1. The first-order valence-electron chi connectivity index (χ1n) is 10.5. The van der Waals surface area contributed by atoms with Gasteiger partial charge in [-0.25, -0.2) is 13.5 Å². The van der Waals surface area contributed by atoms with Crippen molar-refractivity contribution >= 4 is 11.9 Å². The fourth-order valence-corrected chi connectivity index (χ4v) is 4.44. The van der Waals surface area contributed by atoms with Gasteiger partial charge in [0.05, 0.1) is 7.11 Å². The van der Waals surface area contributed by atoms with Crippen LogP contribution < -0.4 is 14.8 Å². The minimum atomic E-state index is -2.50. The van der Waals surface area contributed by atoms with Gasteiger partial charge in [0, 0.05) is 19.1 Å². The smallest absolute Gasteiger partial charge is 0.263 e. The largest absolute Gasteiger partial charge is 0.493 e. The molecule has 8 nitrogen and oxygen atoms in total. The number of para-hydroxylation sites is 2. The van der Waals surface area contributed by atoms with Gasteiger partial charge in [-0.05, 0) is 44.2 Å². The number of amides is 1. The van der Waals surface area contributed by atoms with Gasteiger partial charge in [-0.15, -0.1) is 0 Å². The first-order valence-corrected chi connectivity index (χ1v) is 10.5. The zero-order chi connectivity index (χ0) is 22.0. The van der Waals surface area contributed by atoms with E-state index in [0.717, 1.165) is 12.8 Å². The molecule has 0 saturated carbocycles. The summed E-state index contributed by atoms with van der Waals surface area (Å²) in [5.74, 6) is 1.58. The highest BCUT2D eigenvalue weighted by molar-refractivity contribution is 5.81. The molecule has 1 amide bonds. The van der Waals surface area contributed by atoms with E-state index >= 15 is 0 Å². The molecule has 0 unspecified atom stereocenters. The van der Waals surface area contributed by atoms with Gasteiger partial charge < -0.3 is 19.7 Å². The van der Waals surface area contributed by atoms with Crippen LogP contribution in [0.15, 0.2) is 30.6 Å². The number of anilines is 1. The maximum Gasteiger partial charge on any atom is 0.263 e. The summed E-state index contributed by atoms with van der Waals surface area (Å²) < 4.78 is 39.4. The van der Waals surface area contributed by atoms with E-state index in [0.29, 0.717) is 37.0 Å². The van der Waals surface area contributed by atoms with Crippen molar-refractivity contribution in [2.24, 2.45) is 5.92 Å². The van der Waals surface area contributed by atoms with E-state index in [2.05, 4.69) is 15.4 Å². The predicted molar refractivity (Wildman–Crippen MR) is 109 cm³/mol. The molecule has 2 aromatic rings. The number of methoxy groups -OCH3 is 1. The summed E-state index contributed by atoms with van der Waals surface area (Å²) in [6.45, 7) is 2.85. The van der Waals surface area contributed by atoms with Crippen LogP contribution in [0.2, 0.25) is 0 Å². The van der Waals surface area contributed by atoms with Crippen LogP contribution in [0, 0.1) is 5.92 Å². The van der Waals surface area contributed by atoms with E-state index in [1.165, 1.54) is 11.0 Å². The Morgan fingerprint density at radius 1 is 1.23 bits per heavy atom. The molecule has 168 valence electrons. The Hall–Kier alpha value is -2.91. The highest BCUT2D eigenvalue weighted by atomic mass is 19.3. The number of carbonyl (C=O) groups excluding carboxylic acids is 1. The van der Waals surface area contributed by atoms with Crippen molar-refractivity contribution in [3.63, 3.8) is 0 Å². The van der Waals surface area contributed by atoms with Gasteiger partial charge in [0.2, 0.25) is 5.95 Å². The Morgan fingerprint density at radius 3 is 2.61 bits per heavy atom. The summed E-state index contributed by atoms with van der Waals surface area (Å²) in [4.78, 5) is 18.7. The number of aromatic nitrogens is 3. The van der Waals surface area contributed by atoms with Gasteiger partial charge >= 0.3 is 0 Å². The Bertz CT molecular complexity index is 901. The molecule has 0 aliphatic carbocycles. The van der Waals surface area contributed by atoms with Crippen molar-refractivity contribution in [2.45, 2.75) is 50.8 Å². The van der Waals surface area contributed by atoms with Crippen LogP contribution in [0.4, 0.5) is 14.7 Å². The quantitative estimate of drug-likeness (QED) is 0.751. The number of alkyl halides is 2. The molecule has 0 spiro atoms. The van der Waals surface area contributed by atoms with Crippen LogP contribution in [-0.2, 0) is 4.79 Å². The molecule has 1 fully saturated rings. The van der Waals surface area contributed by atoms with Crippen LogP contribution in [0.25, 0.3) is 0 Å². The van der Waals surface area contributed by atoms with E-state index in [-0.39, 0.29) is 17.9 Å². The van der Waals surface area contributed by atoms with E-state index in [1.807, 2.05) is 12.1 Å². The molecule has 2 aliphatic rings. The number of hydrogen-bond acceptors (Lipinski definition) is 6. The summed E-state index contributed by atoms with van der Waals surface area (Å²) in [7, 11) is 1.56. The third-order valence-electron chi connectivity index (χ3n) is 6.13. The number of nitrogens with one attached hydrogen (secondary N) is 1. The number of likely N-dealkylation sites (tertiary alicyclic amines) is 1. The Balaban J connectivity index is 1.34. The third kappa shape index (κ3) is 4.42. The van der Waals surface area contributed by atoms with Gasteiger partial charge in [-0.1, -0.05) is 12.1 Å². The second kappa shape index (κ2) is 9.07. The third-order valence-corrected chi connectivity index (χ3v) is 6.13. The van der Waals surface area contributed by atoms with Gasteiger partial charge in [0.25, 0.3) is 12.3 Å². The highest BCUT2D eigenvalue weighted by Gasteiger charge is 2.39. The summed E-state index contributed by atoms with van der Waals surface area (Å²) in [6, 6.07) is 6.12. The number of halogens is 2. The molecule has 1 aromatic heterocycles. The van der Waals surface area contributed by atoms with E-state index in [9.17, 15) is 13.6 Å². The summed E-state index contributed by atoms with van der Waals surface area (Å²) >= 11 is 0. The van der Waals surface area contributed by atoms with Crippen molar-refractivity contribution in [1.29, 1.82) is 0 Å².